The van der Waals surface area contributed by atoms with Crippen molar-refractivity contribution < 1.29 is 9.59 Å². The molecule has 1 aliphatic heterocycles. The van der Waals surface area contributed by atoms with Crippen molar-refractivity contribution >= 4 is 11.8 Å². The average Bonchev–Trinajstić information content (AvgIpc) is 3.32. The minimum absolute atomic E-state index is 0.00222. The molecule has 1 aliphatic carbocycles. The largest absolute Gasteiger partial charge is 0.356 e. The molecule has 2 amide bonds. The lowest BCUT2D eigenvalue weighted by Gasteiger charge is -2.23. The first kappa shape index (κ1) is 20.4. The van der Waals surface area contributed by atoms with Crippen LogP contribution in [0, 0.1) is 29.1 Å². The summed E-state index contributed by atoms with van der Waals surface area (Å²) in [5.74, 6) is 1.22. The van der Waals surface area contributed by atoms with E-state index in [-0.39, 0.29) is 24.3 Å². The SMILES string of the molecule is CC(C)C.N#C[C@H](C[C@@H]1CCCNC1=O)NC(=O)CNCC1CC1. The molecular formula is C18H32N4O2. The molecule has 0 unspecified atom stereocenters. The van der Waals surface area contributed by atoms with Gasteiger partial charge in [-0.25, -0.2) is 0 Å². The predicted octanol–water partition coefficient (Wildman–Crippen LogP) is 1.57. The number of carbonyl (C=O) groups excluding carboxylic acids is 2. The Hall–Kier alpha value is -1.61. The van der Waals surface area contributed by atoms with Gasteiger partial charge in [-0.3, -0.25) is 9.59 Å². The van der Waals surface area contributed by atoms with Crippen LogP contribution in [0.25, 0.3) is 0 Å². The number of hydrogen-bond donors (Lipinski definition) is 3. The molecule has 0 radical (unpaired) electrons. The van der Waals surface area contributed by atoms with Crippen molar-refractivity contribution in [1.29, 1.82) is 5.26 Å². The molecule has 1 heterocycles. The summed E-state index contributed by atoms with van der Waals surface area (Å²) in [6, 6.07) is 1.49. The zero-order valence-electron chi connectivity index (χ0n) is 15.2. The van der Waals surface area contributed by atoms with Gasteiger partial charge >= 0.3 is 0 Å². The Balaban J connectivity index is 0.000000648. The minimum atomic E-state index is -0.584. The molecule has 136 valence electrons. The molecule has 0 aromatic rings. The van der Waals surface area contributed by atoms with Crippen LogP contribution in [0.5, 0.6) is 0 Å². The van der Waals surface area contributed by atoms with Gasteiger partial charge in [0, 0.05) is 12.5 Å². The topological polar surface area (TPSA) is 94.0 Å². The molecule has 2 fully saturated rings. The van der Waals surface area contributed by atoms with Crippen molar-refractivity contribution in [2.75, 3.05) is 19.6 Å². The standard InChI is InChI=1S/C14H22N4O2.C4H10/c15-7-12(6-11-2-1-5-17-14(11)20)18-13(19)9-16-8-10-3-4-10;1-4(2)3/h10-12,16H,1-6,8-9H2,(H,17,20)(H,18,19);4H,1-3H3/t11-,12-;/m0./s1. The Labute approximate surface area is 145 Å². The highest BCUT2D eigenvalue weighted by atomic mass is 16.2. The fraction of sp³-hybridized carbons (Fsp3) is 0.833. The molecule has 6 heteroatoms. The highest BCUT2D eigenvalue weighted by molar-refractivity contribution is 5.80. The minimum Gasteiger partial charge on any atom is -0.356 e. The van der Waals surface area contributed by atoms with E-state index in [9.17, 15) is 9.59 Å². The molecule has 1 saturated carbocycles. The molecule has 0 aromatic heterocycles. The van der Waals surface area contributed by atoms with Crippen molar-refractivity contribution in [1.82, 2.24) is 16.0 Å². The van der Waals surface area contributed by atoms with Gasteiger partial charge in [0.25, 0.3) is 0 Å². The molecule has 2 rings (SSSR count). The van der Waals surface area contributed by atoms with Gasteiger partial charge in [-0.2, -0.15) is 5.26 Å². The second kappa shape index (κ2) is 11.0. The lowest BCUT2D eigenvalue weighted by atomic mass is 9.92. The maximum absolute atomic E-state index is 11.7. The Bertz CT molecular complexity index is 438. The van der Waals surface area contributed by atoms with Crippen molar-refractivity contribution in [2.45, 2.75) is 58.9 Å². The third-order valence-electron chi connectivity index (χ3n) is 3.83. The second-order valence-electron chi connectivity index (χ2n) is 7.42. The van der Waals surface area contributed by atoms with Crippen molar-refractivity contribution in [3.05, 3.63) is 0 Å². The van der Waals surface area contributed by atoms with Gasteiger partial charge in [-0.1, -0.05) is 20.8 Å². The third kappa shape index (κ3) is 9.51. The van der Waals surface area contributed by atoms with Crippen molar-refractivity contribution in [3.8, 4) is 6.07 Å². The Morgan fingerprint density at radius 2 is 2.00 bits per heavy atom. The van der Waals surface area contributed by atoms with Crippen LogP contribution in [0.2, 0.25) is 0 Å². The Kier molecular flexibility index (Phi) is 9.39. The highest BCUT2D eigenvalue weighted by Gasteiger charge is 2.26. The summed E-state index contributed by atoms with van der Waals surface area (Å²) < 4.78 is 0. The first-order chi connectivity index (χ1) is 11.4. The summed E-state index contributed by atoms with van der Waals surface area (Å²) in [6.45, 7) is 8.32. The number of hydrogen-bond acceptors (Lipinski definition) is 4. The van der Waals surface area contributed by atoms with Crippen LogP contribution in [0.4, 0.5) is 0 Å². The smallest absolute Gasteiger partial charge is 0.234 e. The van der Waals surface area contributed by atoms with Gasteiger partial charge in [-0.05, 0) is 50.5 Å². The quantitative estimate of drug-likeness (QED) is 0.658. The number of nitriles is 1. The van der Waals surface area contributed by atoms with Crippen LogP contribution in [0.15, 0.2) is 0 Å². The van der Waals surface area contributed by atoms with Crippen LogP contribution >= 0.6 is 0 Å². The first-order valence-corrected chi connectivity index (χ1v) is 9.09. The van der Waals surface area contributed by atoms with Crippen LogP contribution in [0.3, 0.4) is 0 Å². The third-order valence-corrected chi connectivity index (χ3v) is 3.83. The van der Waals surface area contributed by atoms with E-state index in [0.29, 0.717) is 13.0 Å². The molecule has 0 spiro atoms. The maximum atomic E-state index is 11.7. The fourth-order valence-electron chi connectivity index (χ4n) is 2.45. The van der Waals surface area contributed by atoms with Crippen LogP contribution in [0.1, 0.15) is 52.9 Å². The van der Waals surface area contributed by atoms with Gasteiger partial charge in [0.15, 0.2) is 0 Å². The lowest BCUT2D eigenvalue weighted by molar-refractivity contribution is -0.127. The zero-order chi connectivity index (χ0) is 17.9. The van der Waals surface area contributed by atoms with Gasteiger partial charge in [-0.15, -0.1) is 0 Å². The summed E-state index contributed by atoms with van der Waals surface area (Å²) >= 11 is 0. The molecule has 2 atom stereocenters. The summed E-state index contributed by atoms with van der Waals surface area (Å²) in [5.41, 5.74) is 0. The van der Waals surface area contributed by atoms with Crippen LogP contribution in [-0.2, 0) is 9.59 Å². The number of rotatable bonds is 7. The Morgan fingerprint density at radius 1 is 1.33 bits per heavy atom. The average molecular weight is 336 g/mol. The van der Waals surface area contributed by atoms with E-state index < -0.39 is 6.04 Å². The number of piperidine rings is 1. The molecular weight excluding hydrogens is 304 g/mol. The number of nitrogens with one attached hydrogen (secondary N) is 3. The molecule has 24 heavy (non-hydrogen) atoms. The van der Waals surface area contributed by atoms with Gasteiger partial charge in [0.1, 0.15) is 6.04 Å². The molecule has 6 nitrogen and oxygen atoms in total. The fourth-order valence-corrected chi connectivity index (χ4v) is 2.45. The molecule has 2 aliphatic rings. The monoisotopic (exact) mass is 336 g/mol. The molecule has 3 N–H and O–H groups in total. The van der Waals surface area contributed by atoms with E-state index >= 15 is 0 Å². The lowest BCUT2D eigenvalue weighted by Crippen LogP contribution is -2.44. The highest BCUT2D eigenvalue weighted by Crippen LogP contribution is 2.27. The van der Waals surface area contributed by atoms with E-state index in [1.165, 1.54) is 12.8 Å². The predicted molar refractivity (Wildman–Crippen MR) is 94.0 cm³/mol. The number of amides is 2. The van der Waals surface area contributed by atoms with Crippen molar-refractivity contribution in [3.63, 3.8) is 0 Å². The van der Waals surface area contributed by atoms with E-state index in [2.05, 4.69) is 42.8 Å². The first-order valence-electron chi connectivity index (χ1n) is 9.09. The summed E-state index contributed by atoms with van der Waals surface area (Å²) in [6.07, 6.45) is 4.61. The zero-order valence-corrected chi connectivity index (χ0v) is 15.2. The van der Waals surface area contributed by atoms with E-state index in [1.807, 2.05) is 0 Å². The van der Waals surface area contributed by atoms with E-state index in [0.717, 1.165) is 31.2 Å². The maximum Gasteiger partial charge on any atom is 0.234 e. The van der Waals surface area contributed by atoms with Gasteiger partial charge < -0.3 is 16.0 Å². The second-order valence-corrected chi connectivity index (χ2v) is 7.42. The van der Waals surface area contributed by atoms with Crippen LogP contribution in [-0.4, -0.2) is 37.5 Å². The molecule has 0 bridgehead atoms. The summed E-state index contributed by atoms with van der Waals surface area (Å²) in [7, 11) is 0. The van der Waals surface area contributed by atoms with Crippen LogP contribution < -0.4 is 16.0 Å². The number of carbonyl (C=O) groups is 2. The summed E-state index contributed by atoms with van der Waals surface area (Å²) in [5, 5.41) is 17.7. The van der Waals surface area contributed by atoms with Gasteiger partial charge in [0.2, 0.25) is 11.8 Å². The van der Waals surface area contributed by atoms with Gasteiger partial charge in [0.05, 0.1) is 12.6 Å². The molecule has 0 aromatic carbocycles. The van der Waals surface area contributed by atoms with Crippen molar-refractivity contribution in [2.24, 2.45) is 17.8 Å². The van der Waals surface area contributed by atoms with E-state index in [4.69, 9.17) is 5.26 Å². The van der Waals surface area contributed by atoms with E-state index in [1.54, 1.807) is 0 Å². The normalized spacial score (nSPS) is 21.1. The summed E-state index contributed by atoms with van der Waals surface area (Å²) in [4.78, 5) is 23.4. The Morgan fingerprint density at radius 3 is 2.54 bits per heavy atom. The number of nitrogens with zero attached hydrogens (tertiary/aromatic N) is 1. The molecule has 1 saturated heterocycles.